The predicted molar refractivity (Wildman–Crippen MR) is 96.1 cm³/mol. The van der Waals surface area contributed by atoms with Gasteiger partial charge in [-0.25, -0.2) is 0 Å². The van der Waals surface area contributed by atoms with E-state index >= 15 is 0 Å². The number of anilines is 1. The minimum atomic E-state index is -0.118. The highest BCUT2D eigenvalue weighted by atomic mass is 16.5. The first-order valence-corrected chi connectivity index (χ1v) is 8.83. The van der Waals surface area contributed by atoms with Crippen LogP contribution in [0.2, 0.25) is 0 Å². The van der Waals surface area contributed by atoms with Crippen molar-refractivity contribution in [2.24, 2.45) is 0 Å². The lowest BCUT2D eigenvalue weighted by atomic mass is 9.83. The summed E-state index contributed by atoms with van der Waals surface area (Å²) in [5.74, 6) is 0. The Bertz CT molecular complexity index is 680. The number of likely N-dealkylation sites (tertiary alicyclic amines) is 1. The van der Waals surface area contributed by atoms with Gasteiger partial charge in [0.05, 0.1) is 12.2 Å². The van der Waals surface area contributed by atoms with E-state index in [0.717, 1.165) is 45.6 Å². The highest BCUT2D eigenvalue weighted by molar-refractivity contribution is 5.57. The minimum absolute atomic E-state index is 0.118. The first kappa shape index (κ1) is 15.6. The fourth-order valence-electron chi connectivity index (χ4n) is 3.95. The van der Waals surface area contributed by atoms with Gasteiger partial charge in [0.15, 0.2) is 0 Å². The zero-order valence-electron chi connectivity index (χ0n) is 14.3. The van der Waals surface area contributed by atoms with Crippen molar-refractivity contribution < 1.29 is 4.74 Å². The van der Waals surface area contributed by atoms with Gasteiger partial charge in [-0.05, 0) is 37.6 Å². The summed E-state index contributed by atoms with van der Waals surface area (Å²) in [6.45, 7) is 4.76. The van der Waals surface area contributed by atoms with Gasteiger partial charge in [0.25, 0.3) is 0 Å². The number of fused-ring (bicyclic) bond motifs is 2. The number of piperidine rings is 1. The molecule has 0 amide bonds. The molecule has 2 aliphatic rings. The van der Waals surface area contributed by atoms with Gasteiger partial charge in [-0.3, -0.25) is 4.98 Å². The third-order valence-electron chi connectivity index (χ3n) is 5.37. The summed E-state index contributed by atoms with van der Waals surface area (Å²) in [7, 11) is 2.20. The number of hydrogen-bond acceptors (Lipinski definition) is 4. The first-order valence-electron chi connectivity index (χ1n) is 8.83. The Labute approximate surface area is 144 Å². The Balaban J connectivity index is 1.68. The van der Waals surface area contributed by atoms with Crippen molar-refractivity contribution >= 4 is 5.69 Å². The van der Waals surface area contributed by atoms with Crippen molar-refractivity contribution in [1.82, 2.24) is 9.88 Å². The number of benzene rings is 1. The number of aromatic nitrogens is 1. The molecule has 24 heavy (non-hydrogen) atoms. The lowest BCUT2D eigenvalue weighted by Gasteiger charge is -2.40. The summed E-state index contributed by atoms with van der Waals surface area (Å²) in [5.41, 5.74) is 3.81. The SMILES string of the molecule is CN1CCC2(CC1)OCCN(Cc1cccnc1)c1ccccc12. The molecule has 1 saturated heterocycles. The molecule has 1 fully saturated rings. The lowest BCUT2D eigenvalue weighted by molar-refractivity contribution is -0.0806. The van der Waals surface area contributed by atoms with Crippen molar-refractivity contribution in [3.8, 4) is 0 Å². The number of rotatable bonds is 2. The molecule has 126 valence electrons. The van der Waals surface area contributed by atoms with Gasteiger partial charge in [-0.2, -0.15) is 0 Å². The molecule has 4 rings (SSSR count). The molecule has 2 aromatic rings. The molecule has 0 unspecified atom stereocenters. The quantitative estimate of drug-likeness (QED) is 0.849. The maximum atomic E-state index is 6.49. The first-order chi connectivity index (χ1) is 11.8. The normalized spacial score (nSPS) is 20.6. The molecule has 1 aromatic carbocycles. The third-order valence-corrected chi connectivity index (χ3v) is 5.37. The van der Waals surface area contributed by atoms with Gasteiger partial charge in [0.2, 0.25) is 0 Å². The Morgan fingerprint density at radius 3 is 2.71 bits per heavy atom. The van der Waals surface area contributed by atoms with E-state index in [1.165, 1.54) is 16.8 Å². The molecule has 4 nitrogen and oxygen atoms in total. The topological polar surface area (TPSA) is 28.6 Å². The van der Waals surface area contributed by atoms with E-state index in [9.17, 15) is 0 Å². The van der Waals surface area contributed by atoms with E-state index in [0.29, 0.717) is 0 Å². The van der Waals surface area contributed by atoms with Crippen LogP contribution in [-0.2, 0) is 16.9 Å². The highest BCUT2D eigenvalue weighted by Gasteiger charge is 2.40. The summed E-state index contributed by atoms with van der Waals surface area (Å²) in [5, 5.41) is 0. The van der Waals surface area contributed by atoms with E-state index < -0.39 is 0 Å². The molecular formula is C20H25N3O. The van der Waals surface area contributed by atoms with Gasteiger partial charge in [-0.15, -0.1) is 0 Å². The molecular weight excluding hydrogens is 298 g/mol. The zero-order valence-corrected chi connectivity index (χ0v) is 14.3. The molecule has 1 aromatic heterocycles. The number of para-hydroxylation sites is 1. The maximum absolute atomic E-state index is 6.49. The van der Waals surface area contributed by atoms with Crippen molar-refractivity contribution in [3.05, 3.63) is 59.9 Å². The van der Waals surface area contributed by atoms with E-state index in [-0.39, 0.29) is 5.60 Å². The van der Waals surface area contributed by atoms with Crippen LogP contribution in [0.4, 0.5) is 5.69 Å². The summed E-state index contributed by atoms with van der Waals surface area (Å²) in [6, 6.07) is 13.0. The standard InChI is InChI=1S/C20H25N3O/c1-22-11-8-20(9-12-22)18-6-2-3-7-19(18)23(13-14-24-20)16-17-5-4-10-21-15-17/h2-7,10,15H,8-9,11-14,16H2,1H3. The lowest BCUT2D eigenvalue weighted by Crippen LogP contribution is -2.42. The van der Waals surface area contributed by atoms with Crippen LogP contribution in [0.15, 0.2) is 48.8 Å². The van der Waals surface area contributed by atoms with Crippen LogP contribution in [0.3, 0.4) is 0 Å². The van der Waals surface area contributed by atoms with E-state index in [2.05, 4.69) is 52.2 Å². The maximum Gasteiger partial charge on any atom is 0.0976 e. The molecule has 4 heteroatoms. The zero-order chi connectivity index (χ0) is 16.4. The molecule has 2 aliphatic heterocycles. The second-order valence-corrected chi connectivity index (χ2v) is 6.95. The number of ether oxygens (including phenoxy) is 1. The van der Waals surface area contributed by atoms with Gasteiger partial charge >= 0.3 is 0 Å². The van der Waals surface area contributed by atoms with E-state index in [4.69, 9.17) is 4.74 Å². The fourth-order valence-corrected chi connectivity index (χ4v) is 3.95. The van der Waals surface area contributed by atoms with Crippen LogP contribution in [0.25, 0.3) is 0 Å². The Morgan fingerprint density at radius 1 is 1.08 bits per heavy atom. The Hall–Kier alpha value is -1.91. The van der Waals surface area contributed by atoms with E-state index in [1.807, 2.05) is 18.5 Å². The highest BCUT2D eigenvalue weighted by Crippen LogP contribution is 2.43. The van der Waals surface area contributed by atoms with Crippen molar-refractivity contribution in [2.75, 3.05) is 38.2 Å². The number of pyridine rings is 1. The summed E-state index contributed by atoms with van der Waals surface area (Å²) < 4.78 is 6.49. The van der Waals surface area contributed by atoms with Crippen molar-refractivity contribution in [2.45, 2.75) is 25.0 Å². The monoisotopic (exact) mass is 323 g/mol. The molecule has 0 aliphatic carbocycles. The average molecular weight is 323 g/mol. The van der Waals surface area contributed by atoms with Crippen LogP contribution in [0.1, 0.15) is 24.0 Å². The summed E-state index contributed by atoms with van der Waals surface area (Å²) in [4.78, 5) is 9.10. The molecule has 0 N–H and O–H groups in total. The van der Waals surface area contributed by atoms with Crippen LogP contribution in [0.5, 0.6) is 0 Å². The van der Waals surface area contributed by atoms with Gasteiger partial charge in [0, 0.05) is 49.8 Å². The molecule has 0 bridgehead atoms. The largest absolute Gasteiger partial charge is 0.368 e. The fraction of sp³-hybridized carbons (Fsp3) is 0.450. The van der Waals surface area contributed by atoms with Crippen LogP contribution in [-0.4, -0.2) is 43.2 Å². The van der Waals surface area contributed by atoms with Crippen LogP contribution < -0.4 is 4.90 Å². The average Bonchev–Trinajstić information content (AvgIpc) is 2.77. The van der Waals surface area contributed by atoms with Gasteiger partial charge in [-0.1, -0.05) is 24.3 Å². The van der Waals surface area contributed by atoms with Crippen LogP contribution in [0, 0.1) is 0 Å². The molecule has 0 atom stereocenters. The summed E-state index contributed by atoms with van der Waals surface area (Å²) in [6.07, 6.45) is 5.93. The second-order valence-electron chi connectivity index (χ2n) is 6.95. The molecule has 1 spiro atoms. The Morgan fingerprint density at radius 2 is 1.92 bits per heavy atom. The number of nitrogens with zero attached hydrogens (tertiary/aromatic N) is 3. The van der Waals surface area contributed by atoms with Gasteiger partial charge in [0.1, 0.15) is 0 Å². The second kappa shape index (κ2) is 6.54. The van der Waals surface area contributed by atoms with Gasteiger partial charge < -0.3 is 14.5 Å². The molecule has 0 saturated carbocycles. The van der Waals surface area contributed by atoms with E-state index in [1.54, 1.807) is 0 Å². The van der Waals surface area contributed by atoms with Crippen LogP contribution >= 0.6 is 0 Å². The van der Waals surface area contributed by atoms with Crippen molar-refractivity contribution in [1.29, 1.82) is 0 Å². The predicted octanol–water partition coefficient (Wildman–Crippen LogP) is 3.04. The minimum Gasteiger partial charge on any atom is -0.368 e. The smallest absolute Gasteiger partial charge is 0.0976 e. The van der Waals surface area contributed by atoms with Crippen molar-refractivity contribution in [3.63, 3.8) is 0 Å². The summed E-state index contributed by atoms with van der Waals surface area (Å²) >= 11 is 0. The molecule has 0 radical (unpaired) electrons. The number of hydrogen-bond donors (Lipinski definition) is 0. The molecule has 3 heterocycles. The Kier molecular flexibility index (Phi) is 4.25. The third kappa shape index (κ3) is 2.92.